The molecule has 0 spiro atoms. The molecule has 3 aromatic rings. The minimum Gasteiger partial charge on any atom is -0.335 e. The molecule has 1 heterocycles. The number of aromatic amines is 1. The maximum Gasteiger partial charge on any atom is 0.343 e. The molecular formula is C22H26N4O2S. The van der Waals surface area contributed by atoms with Crippen LogP contribution >= 0.6 is 11.8 Å². The van der Waals surface area contributed by atoms with Crippen molar-refractivity contribution in [1.29, 1.82) is 0 Å². The van der Waals surface area contributed by atoms with Crippen molar-refractivity contribution in [2.24, 2.45) is 0 Å². The summed E-state index contributed by atoms with van der Waals surface area (Å²) < 4.78 is 1.60. The summed E-state index contributed by atoms with van der Waals surface area (Å²) in [6.45, 7) is 5.11. The Morgan fingerprint density at radius 2 is 1.69 bits per heavy atom. The number of amides is 1. The molecule has 0 bridgehead atoms. The van der Waals surface area contributed by atoms with Gasteiger partial charge in [-0.2, -0.15) is 0 Å². The van der Waals surface area contributed by atoms with E-state index in [0.717, 1.165) is 17.5 Å². The Morgan fingerprint density at radius 3 is 2.31 bits per heavy atom. The van der Waals surface area contributed by atoms with Crippen LogP contribution in [0.5, 0.6) is 0 Å². The molecule has 0 aliphatic carbocycles. The lowest BCUT2D eigenvalue weighted by Crippen LogP contribution is -2.37. The molecule has 0 saturated carbocycles. The van der Waals surface area contributed by atoms with Gasteiger partial charge in [0.25, 0.3) is 0 Å². The van der Waals surface area contributed by atoms with Crippen LogP contribution in [0.15, 0.2) is 70.6 Å². The summed E-state index contributed by atoms with van der Waals surface area (Å²) in [5.74, 6) is 0.264. The molecule has 0 unspecified atom stereocenters. The van der Waals surface area contributed by atoms with Gasteiger partial charge >= 0.3 is 5.69 Å². The number of carbonyl (C=O) groups is 1. The summed E-state index contributed by atoms with van der Waals surface area (Å²) in [7, 11) is 0. The van der Waals surface area contributed by atoms with Crippen LogP contribution in [0.1, 0.15) is 25.0 Å². The predicted molar refractivity (Wildman–Crippen MR) is 116 cm³/mol. The highest BCUT2D eigenvalue weighted by Gasteiger charge is 2.19. The van der Waals surface area contributed by atoms with Gasteiger partial charge in [-0.05, 0) is 31.4 Å². The Labute approximate surface area is 174 Å². The Balaban J connectivity index is 1.62. The van der Waals surface area contributed by atoms with Gasteiger partial charge in [-0.25, -0.2) is 9.89 Å². The third kappa shape index (κ3) is 5.84. The molecule has 7 heteroatoms. The van der Waals surface area contributed by atoms with E-state index in [4.69, 9.17) is 0 Å². The maximum atomic E-state index is 12.8. The number of hydrogen-bond acceptors (Lipinski definition) is 4. The first-order valence-corrected chi connectivity index (χ1v) is 10.7. The molecule has 29 heavy (non-hydrogen) atoms. The van der Waals surface area contributed by atoms with E-state index in [9.17, 15) is 9.59 Å². The number of benzene rings is 2. The number of thioether (sulfide) groups is 1. The number of nitrogens with one attached hydrogen (secondary N) is 1. The summed E-state index contributed by atoms with van der Waals surface area (Å²) in [5, 5.41) is 7.15. The molecule has 1 aromatic heterocycles. The highest BCUT2D eigenvalue weighted by atomic mass is 32.2. The molecule has 152 valence electrons. The highest BCUT2D eigenvalue weighted by molar-refractivity contribution is 7.99. The molecule has 0 fully saturated rings. The molecule has 6 nitrogen and oxygen atoms in total. The summed E-state index contributed by atoms with van der Waals surface area (Å²) in [4.78, 5) is 26.8. The second-order valence-electron chi connectivity index (χ2n) is 7.09. The van der Waals surface area contributed by atoms with Crippen molar-refractivity contribution in [3.63, 3.8) is 0 Å². The molecule has 0 radical (unpaired) electrons. The van der Waals surface area contributed by atoms with Gasteiger partial charge in [-0.15, -0.1) is 5.10 Å². The number of aryl methyl sites for hydroxylation is 1. The van der Waals surface area contributed by atoms with Crippen LogP contribution in [0.4, 0.5) is 0 Å². The Morgan fingerprint density at radius 1 is 1.07 bits per heavy atom. The summed E-state index contributed by atoms with van der Waals surface area (Å²) in [5.41, 5.74) is 2.00. The number of carbonyl (C=O) groups excluding carboxylic acids is 1. The lowest BCUT2D eigenvalue weighted by Gasteiger charge is -2.26. The summed E-state index contributed by atoms with van der Waals surface area (Å²) >= 11 is 1.30. The van der Waals surface area contributed by atoms with Crippen LogP contribution in [0.2, 0.25) is 0 Å². The van der Waals surface area contributed by atoms with Crippen molar-refractivity contribution in [1.82, 2.24) is 19.7 Å². The standard InChI is InChI=1S/C22H26N4O2S/c1-17(2)26(15-19-11-7-4-8-12-19)20(27)16-29-22-24-23-21(28)25(22)14-13-18-9-5-3-6-10-18/h3-12,17H,13-16H2,1-2H3,(H,23,28). The van der Waals surface area contributed by atoms with E-state index in [2.05, 4.69) is 10.2 Å². The Hall–Kier alpha value is -2.80. The molecule has 1 amide bonds. The van der Waals surface area contributed by atoms with E-state index in [0.29, 0.717) is 18.2 Å². The van der Waals surface area contributed by atoms with Crippen LogP contribution in [-0.4, -0.2) is 37.4 Å². The molecular weight excluding hydrogens is 384 g/mol. The molecule has 0 saturated heterocycles. The topological polar surface area (TPSA) is 71.0 Å². The van der Waals surface area contributed by atoms with Crippen molar-refractivity contribution in [2.75, 3.05) is 5.75 Å². The average molecular weight is 411 g/mol. The number of aromatic nitrogens is 3. The molecule has 3 rings (SSSR count). The first-order valence-electron chi connectivity index (χ1n) is 9.70. The largest absolute Gasteiger partial charge is 0.343 e. The summed E-state index contributed by atoms with van der Waals surface area (Å²) in [6, 6.07) is 20.0. The smallest absolute Gasteiger partial charge is 0.335 e. The second kappa shape index (κ2) is 10.1. The fourth-order valence-corrected chi connectivity index (χ4v) is 3.90. The maximum absolute atomic E-state index is 12.8. The van der Waals surface area contributed by atoms with Gasteiger partial charge in [-0.3, -0.25) is 9.36 Å². The fraction of sp³-hybridized carbons (Fsp3) is 0.318. The number of hydrogen-bond donors (Lipinski definition) is 1. The van der Waals surface area contributed by atoms with Gasteiger partial charge in [0.2, 0.25) is 5.91 Å². The second-order valence-corrected chi connectivity index (χ2v) is 8.03. The van der Waals surface area contributed by atoms with Crippen LogP contribution in [0.25, 0.3) is 0 Å². The molecule has 0 aliphatic rings. The first kappa shape index (κ1) is 20.9. The van der Waals surface area contributed by atoms with Crippen molar-refractivity contribution in [2.45, 2.75) is 44.6 Å². The van der Waals surface area contributed by atoms with Crippen molar-refractivity contribution >= 4 is 17.7 Å². The highest BCUT2D eigenvalue weighted by Crippen LogP contribution is 2.17. The average Bonchev–Trinajstić information content (AvgIpc) is 3.09. The fourth-order valence-electron chi connectivity index (χ4n) is 3.04. The number of rotatable bonds is 9. The van der Waals surface area contributed by atoms with E-state index in [-0.39, 0.29) is 23.4 Å². The minimum absolute atomic E-state index is 0.0268. The summed E-state index contributed by atoms with van der Waals surface area (Å²) in [6.07, 6.45) is 0.730. The Kier molecular flexibility index (Phi) is 7.30. The molecule has 0 atom stereocenters. The zero-order valence-corrected chi connectivity index (χ0v) is 17.6. The Bertz CT molecular complexity index is 967. The lowest BCUT2D eigenvalue weighted by molar-refractivity contribution is -0.130. The number of H-pyrrole nitrogens is 1. The zero-order chi connectivity index (χ0) is 20.6. The van der Waals surface area contributed by atoms with Gasteiger partial charge < -0.3 is 4.90 Å². The molecule has 2 aromatic carbocycles. The zero-order valence-electron chi connectivity index (χ0n) is 16.7. The third-order valence-corrected chi connectivity index (χ3v) is 5.62. The van der Waals surface area contributed by atoms with Crippen molar-refractivity contribution < 1.29 is 4.79 Å². The van der Waals surface area contributed by atoms with Crippen molar-refractivity contribution in [3.8, 4) is 0 Å². The molecule has 1 N–H and O–H groups in total. The van der Waals surface area contributed by atoms with Gasteiger partial charge in [0.05, 0.1) is 5.75 Å². The first-order chi connectivity index (χ1) is 14.0. The quantitative estimate of drug-likeness (QED) is 0.549. The van der Waals surface area contributed by atoms with E-state index >= 15 is 0 Å². The third-order valence-electron chi connectivity index (χ3n) is 4.65. The van der Waals surface area contributed by atoms with Gasteiger partial charge in [-0.1, -0.05) is 72.4 Å². The van der Waals surface area contributed by atoms with E-state index in [1.54, 1.807) is 4.57 Å². The van der Waals surface area contributed by atoms with E-state index in [1.807, 2.05) is 79.4 Å². The SMILES string of the molecule is CC(C)N(Cc1ccccc1)C(=O)CSc1n[nH]c(=O)n1CCc1ccccc1. The minimum atomic E-state index is -0.249. The van der Waals surface area contributed by atoms with Crippen LogP contribution in [0.3, 0.4) is 0 Å². The van der Waals surface area contributed by atoms with E-state index < -0.39 is 0 Å². The molecule has 0 aliphatic heterocycles. The van der Waals surface area contributed by atoms with Crippen molar-refractivity contribution in [3.05, 3.63) is 82.3 Å². The monoisotopic (exact) mass is 410 g/mol. The van der Waals surface area contributed by atoms with Crippen LogP contribution in [0, 0.1) is 0 Å². The van der Waals surface area contributed by atoms with Crippen LogP contribution in [-0.2, 0) is 24.3 Å². The van der Waals surface area contributed by atoms with Gasteiger partial charge in [0.15, 0.2) is 5.16 Å². The van der Waals surface area contributed by atoms with Crippen LogP contribution < -0.4 is 5.69 Å². The number of nitrogens with zero attached hydrogens (tertiary/aromatic N) is 3. The van der Waals surface area contributed by atoms with Gasteiger partial charge in [0.1, 0.15) is 0 Å². The van der Waals surface area contributed by atoms with Gasteiger partial charge in [0, 0.05) is 19.1 Å². The predicted octanol–water partition coefficient (Wildman–Crippen LogP) is 3.34. The van der Waals surface area contributed by atoms with E-state index in [1.165, 1.54) is 11.8 Å². The lowest BCUT2D eigenvalue weighted by atomic mass is 10.1. The normalized spacial score (nSPS) is 11.0.